The lowest BCUT2D eigenvalue weighted by molar-refractivity contribution is -0.137. The number of hydrogen-bond donors (Lipinski definition) is 2. The van der Waals surface area contributed by atoms with Gasteiger partial charge in [0.15, 0.2) is 0 Å². The number of fused-ring (bicyclic) bond motifs is 1. The van der Waals surface area contributed by atoms with Crippen molar-refractivity contribution in [2.24, 2.45) is 0 Å². The predicted molar refractivity (Wildman–Crippen MR) is 73.1 cm³/mol. The molecule has 102 valence electrons. The Balaban J connectivity index is 2.23. The molecule has 1 heterocycles. The highest BCUT2D eigenvalue weighted by molar-refractivity contribution is 5.94. The van der Waals surface area contributed by atoms with Gasteiger partial charge >= 0.3 is 6.18 Å². The Hall–Kier alpha value is -2.43. The van der Waals surface area contributed by atoms with Crippen molar-refractivity contribution in [3.05, 3.63) is 54.2 Å². The predicted octanol–water partition coefficient (Wildman–Crippen LogP) is 4.44. The first kappa shape index (κ1) is 12.6. The number of aromatic nitrogens is 1. The van der Waals surface area contributed by atoms with Gasteiger partial charge in [0.1, 0.15) is 0 Å². The minimum absolute atomic E-state index is 0.155. The molecule has 0 saturated carbocycles. The van der Waals surface area contributed by atoms with Crippen molar-refractivity contribution in [2.75, 3.05) is 5.73 Å². The minimum Gasteiger partial charge on any atom is -0.397 e. The van der Waals surface area contributed by atoms with Gasteiger partial charge in [-0.05, 0) is 29.3 Å². The van der Waals surface area contributed by atoms with Gasteiger partial charge in [-0.15, -0.1) is 0 Å². The zero-order valence-electron chi connectivity index (χ0n) is 10.3. The van der Waals surface area contributed by atoms with E-state index in [1.54, 1.807) is 30.5 Å². The Morgan fingerprint density at radius 1 is 1.00 bits per heavy atom. The number of H-pyrrole nitrogens is 1. The van der Waals surface area contributed by atoms with Gasteiger partial charge in [-0.25, -0.2) is 0 Å². The standard InChI is InChI=1S/C15H11F3N2/c16-15(17,18)12-4-2-1-3-10(12)9-5-6-14-11(7-9)13(19)8-20-14/h1-8,20H,19H2. The van der Waals surface area contributed by atoms with Crippen LogP contribution in [0.15, 0.2) is 48.7 Å². The second-order valence-electron chi connectivity index (χ2n) is 4.55. The topological polar surface area (TPSA) is 41.8 Å². The summed E-state index contributed by atoms with van der Waals surface area (Å²) in [5.41, 5.74) is 7.12. The highest BCUT2D eigenvalue weighted by atomic mass is 19.4. The van der Waals surface area contributed by atoms with E-state index in [4.69, 9.17) is 5.73 Å². The molecule has 0 bridgehead atoms. The van der Waals surface area contributed by atoms with Gasteiger partial charge in [0.05, 0.1) is 11.3 Å². The molecule has 2 aromatic carbocycles. The molecule has 0 fully saturated rings. The Morgan fingerprint density at radius 3 is 2.50 bits per heavy atom. The number of nitrogen functional groups attached to an aromatic ring is 1. The monoisotopic (exact) mass is 276 g/mol. The third-order valence-electron chi connectivity index (χ3n) is 3.26. The summed E-state index contributed by atoms with van der Waals surface area (Å²) in [6.07, 6.45) is -2.75. The summed E-state index contributed by atoms with van der Waals surface area (Å²) < 4.78 is 39.1. The number of nitrogens with two attached hydrogens (primary N) is 1. The van der Waals surface area contributed by atoms with Crippen LogP contribution in [0.1, 0.15) is 5.56 Å². The van der Waals surface area contributed by atoms with Crippen LogP contribution < -0.4 is 5.73 Å². The van der Waals surface area contributed by atoms with E-state index >= 15 is 0 Å². The first-order chi connectivity index (χ1) is 9.47. The summed E-state index contributed by atoms with van der Waals surface area (Å²) in [6, 6.07) is 10.6. The fraction of sp³-hybridized carbons (Fsp3) is 0.0667. The number of hydrogen-bond acceptors (Lipinski definition) is 1. The molecule has 0 aliphatic carbocycles. The largest absolute Gasteiger partial charge is 0.417 e. The van der Waals surface area contributed by atoms with E-state index in [1.807, 2.05) is 0 Å². The molecule has 2 nitrogen and oxygen atoms in total. The molecule has 3 aromatic rings. The molecule has 0 atom stereocenters. The maximum Gasteiger partial charge on any atom is 0.417 e. The lowest BCUT2D eigenvalue weighted by Gasteiger charge is -2.12. The van der Waals surface area contributed by atoms with Crippen LogP contribution in [0.5, 0.6) is 0 Å². The van der Waals surface area contributed by atoms with Crippen LogP contribution in [-0.2, 0) is 6.18 Å². The third-order valence-corrected chi connectivity index (χ3v) is 3.26. The van der Waals surface area contributed by atoms with Gasteiger partial charge in [-0.2, -0.15) is 13.2 Å². The van der Waals surface area contributed by atoms with Crippen molar-refractivity contribution in [3.8, 4) is 11.1 Å². The zero-order valence-corrected chi connectivity index (χ0v) is 10.3. The third kappa shape index (κ3) is 2.01. The van der Waals surface area contributed by atoms with Crippen LogP contribution in [0.3, 0.4) is 0 Å². The first-order valence-electron chi connectivity index (χ1n) is 6.00. The number of alkyl halides is 3. The second-order valence-corrected chi connectivity index (χ2v) is 4.55. The number of anilines is 1. The molecule has 20 heavy (non-hydrogen) atoms. The Bertz CT molecular complexity index is 772. The maximum atomic E-state index is 13.0. The Labute approximate surface area is 113 Å². The molecule has 1 aromatic heterocycles. The summed E-state index contributed by atoms with van der Waals surface area (Å²) in [6.45, 7) is 0. The smallest absolute Gasteiger partial charge is 0.397 e. The molecule has 0 spiro atoms. The average molecular weight is 276 g/mol. The molecule has 0 aliphatic rings. The number of rotatable bonds is 1. The summed E-state index contributed by atoms with van der Waals surface area (Å²) in [7, 11) is 0. The molecule has 3 N–H and O–H groups in total. The van der Waals surface area contributed by atoms with Gasteiger partial charge < -0.3 is 10.7 Å². The van der Waals surface area contributed by atoms with E-state index in [0.717, 1.165) is 17.0 Å². The summed E-state index contributed by atoms with van der Waals surface area (Å²) in [5, 5.41) is 0.722. The van der Waals surface area contributed by atoms with Crippen molar-refractivity contribution in [1.82, 2.24) is 4.98 Å². The molecule has 0 aliphatic heterocycles. The van der Waals surface area contributed by atoms with E-state index < -0.39 is 11.7 Å². The fourth-order valence-corrected chi connectivity index (χ4v) is 2.29. The number of nitrogens with one attached hydrogen (secondary N) is 1. The molecule has 3 rings (SSSR count). The minimum atomic E-state index is -4.38. The van der Waals surface area contributed by atoms with Crippen molar-refractivity contribution in [3.63, 3.8) is 0 Å². The Morgan fingerprint density at radius 2 is 1.75 bits per heavy atom. The van der Waals surface area contributed by atoms with Gasteiger partial charge in [0, 0.05) is 17.1 Å². The summed E-state index contributed by atoms with van der Waals surface area (Å²) in [5.74, 6) is 0. The SMILES string of the molecule is Nc1c[nH]c2ccc(-c3ccccc3C(F)(F)F)cc12. The van der Waals surface area contributed by atoms with E-state index in [2.05, 4.69) is 4.98 Å². The fourth-order valence-electron chi connectivity index (χ4n) is 2.29. The van der Waals surface area contributed by atoms with Gasteiger partial charge in [-0.3, -0.25) is 0 Å². The first-order valence-corrected chi connectivity index (χ1v) is 6.00. The molecule has 0 unspecified atom stereocenters. The van der Waals surface area contributed by atoms with Gasteiger partial charge in [0.25, 0.3) is 0 Å². The van der Waals surface area contributed by atoms with E-state index in [9.17, 15) is 13.2 Å². The van der Waals surface area contributed by atoms with Crippen LogP contribution in [-0.4, -0.2) is 4.98 Å². The van der Waals surface area contributed by atoms with E-state index in [1.165, 1.54) is 12.1 Å². The van der Waals surface area contributed by atoms with Crippen molar-refractivity contribution in [1.29, 1.82) is 0 Å². The molecular formula is C15H11F3N2. The van der Waals surface area contributed by atoms with E-state index in [0.29, 0.717) is 11.3 Å². The summed E-state index contributed by atoms with van der Waals surface area (Å²) >= 11 is 0. The summed E-state index contributed by atoms with van der Waals surface area (Å²) in [4.78, 5) is 2.96. The molecule has 0 radical (unpaired) electrons. The zero-order chi connectivity index (χ0) is 14.3. The van der Waals surface area contributed by atoms with Crippen molar-refractivity contribution < 1.29 is 13.2 Å². The number of benzene rings is 2. The lowest BCUT2D eigenvalue weighted by Crippen LogP contribution is -2.06. The average Bonchev–Trinajstić information content (AvgIpc) is 2.79. The highest BCUT2D eigenvalue weighted by Crippen LogP contribution is 2.38. The normalized spacial score (nSPS) is 11.9. The molecule has 0 saturated heterocycles. The number of halogens is 3. The van der Waals surface area contributed by atoms with Crippen molar-refractivity contribution >= 4 is 16.6 Å². The van der Waals surface area contributed by atoms with Crippen molar-refractivity contribution in [2.45, 2.75) is 6.18 Å². The molecular weight excluding hydrogens is 265 g/mol. The van der Waals surface area contributed by atoms with Crippen LogP contribution in [0.2, 0.25) is 0 Å². The highest BCUT2D eigenvalue weighted by Gasteiger charge is 2.33. The van der Waals surface area contributed by atoms with Crippen LogP contribution in [0.25, 0.3) is 22.0 Å². The van der Waals surface area contributed by atoms with Gasteiger partial charge in [-0.1, -0.05) is 24.3 Å². The maximum absolute atomic E-state index is 13.0. The molecule has 5 heteroatoms. The van der Waals surface area contributed by atoms with Crippen LogP contribution >= 0.6 is 0 Å². The Kier molecular flexibility index (Phi) is 2.71. The number of aromatic amines is 1. The van der Waals surface area contributed by atoms with Crippen LogP contribution in [0, 0.1) is 0 Å². The van der Waals surface area contributed by atoms with Crippen LogP contribution in [0.4, 0.5) is 18.9 Å². The molecule has 0 amide bonds. The van der Waals surface area contributed by atoms with Gasteiger partial charge in [0.2, 0.25) is 0 Å². The quantitative estimate of drug-likeness (QED) is 0.678. The second kappa shape index (κ2) is 4.30. The van der Waals surface area contributed by atoms with E-state index in [-0.39, 0.29) is 5.56 Å². The lowest BCUT2D eigenvalue weighted by atomic mass is 9.98.